The number of benzene rings is 2. The van der Waals surface area contributed by atoms with E-state index in [9.17, 15) is 19.8 Å². The predicted molar refractivity (Wildman–Crippen MR) is 118 cm³/mol. The number of Topliss-reactive ketones (excluding diaryl/α,β-unsaturated/α-hetero) is 1. The number of halogens is 1. The first-order valence-electron chi connectivity index (χ1n) is 9.71. The van der Waals surface area contributed by atoms with Crippen molar-refractivity contribution in [3.05, 3.63) is 94.3 Å². The summed E-state index contributed by atoms with van der Waals surface area (Å²) in [5, 5.41) is 21.5. The van der Waals surface area contributed by atoms with E-state index in [4.69, 9.17) is 16.3 Å². The number of amides is 1. The number of hydrogen-bond acceptors (Lipinski definition) is 6. The highest BCUT2D eigenvalue weighted by Crippen LogP contribution is 2.41. The van der Waals surface area contributed by atoms with Crippen molar-refractivity contribution in [2.45, 2.75) is 12.6 Å². The zero-order chi connectivity index (χ0) is 22.8. The first kappa shape index (κ1) is 21.4. The maximum atomic E-state index is 13.1. The summed E-state index contributed by atoms with van der Waals surface area (Å²) in [6.07, 6.45) is 3.19. The zero-order valence-corrected chi connectivity index (χ0v) is 17.8. The van der Waals surface area contributed by atoms with Crippen molar-refractivity contribution in [2.75, 3.05) is 7.11 Å². The molecule has 8 heteroatoms. The Balaban J connectivity index is 1.88. The van der Waals surface area contributed by atoms with Gasteiger partial charge in [0.25, 0.3) is 11.7 Å². The average Bonchev–Trinajstić information content (AvgIpc) is 3.04. The van der Waals surface area contributed by atoms with E-state index in [0.717, 1.165) is 5.56 Å². The summed E-state index contributed by atoms with van der Waals surface area (Å²) in [4.78, 5) is 31.4. The van der Waals surface area contributed by atoms with Gasteiger partial charge in [-0.1, -0.05) is 23.7 Å². The minimum atomic E-state index is -0.906. The number of ether oxygens (including phenoxy) is 1. The van der Waals surface area contributed by atoms with Crippen LogP contribution in [0.5, 0.6) is 11.5 Å². The fourth-order valence-electron chi connectivity index (χ4n) is 3.73. The van der Waals surface area contributed by atoms with Crippen LogP contribution in [0.4, 0.5) is 0 Å². The Kier molecular flexibility index (Phi) is 5.83. The Labute approximate surface area is 189 Å². The van der Waals surface area contributed by atoms with E-state index < -0.39 is 17.7 Å². The van der Waals surface area contributed by atoms with Crippen LogP contribution in [-0.2, 0) is 16.1 Å². The van der Waals surface area contributed by atoms with Gasteiger partial charge in [0, 0.05) is 24.5 Å². The monoisotopic (exact) mass is 450 g/mol. The first-order chi connectivity index (χ1) is 15.4. The van der Waals surface area contributed by atoms with Gasteiger partial charge in [0.15, 0.2) is 0 Å². The lowest BCUT2D eigenvalue weighted by Crippen LogP contribution is -2.29. The molecular formula is C24H19ClN2O5. The number of aromatic hydroxyl groups is 1. The Bertz CT molecular complexity index is 1230. The maximum Gasteiger partial charge on any atom is 0.295 e. The molecular weight excluding hydrogens is 432 g/mol. The van der Waals surface area contributed by atoms with E-state index in [1.807, 2.05) is 0 Å². The van der Waals surface area contributed by atoms with Crippen LogP contribution in [0.1, 0.15) is 22.7 Å². The molecule has 0 bridgehead atoms. The van der Waals surface area contributed by atoms with E-state index in [1.54, 1.807) is 36.7 Å². The molecule has 3 aromatic rings. The first-order valence-corrected chi connectivity index (χ1v) is 10.1. The van der Waals surface area contributed by atoms with Crippen molar-refractivity contribution < 1.29 is 24.5 Å². The van der Waals surface area contributed by atoms with Gasteiger partial charge in [0.1, 0.15) is 17.3 Å². The summed E-state index contributed by atoms with van der Waals surface area (Å²) >= 11 is 6.08. The fraction of sp³-hybridized carbons (Fsp3) is 0.125. The Morgan fingerprint density at radius 2 is 1.88 bits per heavy atom. The minimum Gasteiger partial charge on any atom is -0.508 e. The number of likely N-dealkylation sites (tertiary alicyclic amines) is 1. The highest BCUT2D eigenvalue weighted by molar-refractivity contribution is 6.46. The van der Waals surface area contributed by atoms with Gasteiger partial charge in [-0.25, -0.2) is 0 Å². The largest absolute Gasteiger partial charge is 0.508 e. The Hall–Kier alpha value is -3.84. The minimum absolute atomic E-state index is 0.0230. The van der Waals surface area contributed by atoms with Crippen molar-refractivity contribution in [3.8, 4) is 11.5 Å². The summed E-state index contributed by atoms with van der Waals surface area (Å²) in [5.74, 6) is -1.64. The molecule has 1 aliphatic rings. The van der Waals surface area contributed by atoms with Gasteiger partial charge in [0.2, 0.25) is 0 Å². The molecule has 1 aromatic heterocycles. The zero-order valence-electron chi connectivity index (χ0n) is 17.0. The van der Waals surface area contributed by atoms with E-state index in [1.165, 1.54) is 42.3 Å². The molecule has 1 fully saturated rings. The van der Waals surface area contributed by atoms with Gasteiger partial charge in [-0.05, 0) is 53.6 Å². The average molecular weight is 451 g/mol. The summed E-state index contributed by atoms with van der Waals surface area (Å²) in [7, 11) is 1.44. The molecule has 32 heavy (non-hydrogen) atoms. The third-order valence-corrected chi connectivity index (χ3v) is 5.56. The second-order valence-corrected chi connectivity index (χ2v) is 7.63. The number of rotatable bonds is 5. The summed E-state index contributed by atoms with van der Waals surface area (Å²) in [6.45, 7) is 0.119. The lowest BCUT2D eigenvalue weighted by atomic mass is 9.95. The van der Waals surface area contributed by atoms with Crippen LogP contribution >= 0.6 is 11.6 Å². The maximum absolute atomic E-state index is 13.1. The molecule has 2 N–H and O–H groups in total. The number of nitrogens with zero attached hydrogens (tertiary/aromatic N) is 2. The number of carbonyl (C=O) groups is 2. The van der Waals surface area contributed by atoms with Crippen molar-refractivity contribution in [3.63, 3.8) is 0 Å². The summed E-state index contributed by atoms with van der Waals surface area (Å²) < 4.78 is 5.21. The molecule has 0 aliphatic carbocycles. The van der Waals surface area contributed by atoms with Gasteiger partial charge in [0.05, 0.1) is 23.7 Å². The van der Waals surface area contributed by atoms with Crippen LogP contribution < -0.4 is 4.74 Å². The van der Waals surface area contributed by atoms with Gasteiger partial charge in [-0.3, -0.25) is 14.6 Å². The number of hydrogen-bond donors (Lipinski definition) is 2. The predicted octanol–water partition coefficient (Wildman–Crippen LogP) is 4.07. The standard InChI is InChI=1S/C24H19ClN2O5/c1-32-19-12-16(5-6-18(19)25)22(29)20-21(15-3-2-4-17(28)11-15)27(24(31)23(20)30)13-14-7-9-26-10-8-14/h2-12,21,28-29H,13H2,1H3/b22-20-. The molecule has 2 aromatic carbocycles. The van der Waals surface area contributed by atoms with Crippen molar-refractivity contribution >= 4 is 29.1 Å². The highest BCUT2D eigenvalue weighted by atomic mass is 35.5. The number of phenolic OH excluding ortho intramolecular Hbond substituents is 1. The molecule has 1 unspecified atom stereocenters. The van der Waals surface area contributed by atoms with Crippen molar-refractivity contribution in [1.82, 2.24) is 9.88 Å². The molecule has 7 nitrogen and oxygen atoms in total. The van der Waals surface area contributed by atoms with Crippen LogP contribution in [0, 0.1) is 0 Å². The van der Waals surface area contributed by atoms with Crippen LogP contribution in [0.15, 0.2) is 72.6 Å². The molecule has 0 radical (unpaired) electrons. The lowest BCUT2D eigenvalue weighted by molar-refractivity contribution is -0.140. The summed E-state index contributed by atoms with van der Waals surface area (Å²) in [6, 6.07) is 13.4. The number of phenols is 1. The van der Waals surface area contributed by atoms with Gasteiger partial charge in [-0.2, -0.15) is 0 Å². The number of aliphatic hydroxyl groups excluding tert-OH is 1. The Morgan fingerprint density at radius 3 is 2.56 bits per heavy atom. The number of methoxy groups -OCH3 is 1. The second-order valence-electron chi connectivity index (χ2n) is 7.23. The van der Waals surface area contributed by atoms with Crippen LogP contribution in [-0.4, -0.2) is 38.9 Å². The van der Waals surface area contributed by atoms with Crippen LogP contribution in [0.3, 0.4) is 0 Å². The van der Waals surface area contributed by atoms with E-state index in [-0.39, 0.29) is 29.2 Å². The molecule has 0 spiro atoms. The van der Waals surface area contributed by atoms with Gasteiger partial charge >= 0.3 is 0 Å². The molecule has 1 atom stereocenters. The van der Waals surface area contributed by atoms with Crippen LogP contribution in [0.2, 0.25) is 5.02 Å². The molecule has 1 aliphatic heterocycles. The topological polar surface area (TPSA) is 100.0 Å². The number of pyridine rings is 1. The molecule has 2 heterocycles. The van der Waals surface area contributed by atoms with Crippen molar-refractivity contribution in [1.29, 1.82) is 0 Å². The SMILES string of the molecule is COc1cc(/C(O)=C2/C(=O)C(=O)N(Cc3ccncc3)C2c2cccc(O)c2)ccc1Cl. The van der Waals surface area contributed by atoms with Gasteiger partial charge in [-0.15, -0.1) is 0 Å². The smallest absolute Gasteiger partial charge is 0.295 e. The molecule has 1 saturated heterocycles. The molecule has 162 valence electrons. The molecule has 0 saturated carbocycles. The molecule has 4 rings (SSSR count). The number of ketones is 1. The van der Waals surface area contributed by atoms with E-state index in [2.05, 4.69) is 4.98 Å². The Morgan fingerprint density at radius 1 is 1.12 bits per heavy atom. The van der Waals surface area contributed by atoms with Gasteiger partial charge < -0.3 is 19.8 Å². The normalized spacial score (nSPS) is 17.6. The fourth-order valence-corrected chi connectivity index (χ4v) is 3.93. The number of aromatic nitrogens is 1. The van der Waals surface area contributed by atoms with E-state index in [0.29, 0.717) is 16.3 Å². The van der Waals surface area contributed by atoms with E-state index >= 15 is 0 Å². The third kappa shape index (κ3) is 3.90. The third-order valence-electron chi connectivity index (χ3n) is 5.25. The quantitative estimate of drug-likeness (QED) is 0.345. The second kappa shape index (κ2) is 8.72. The molecule has 1 amide bonds. The van der Waals surface area contributed by atoms with Crippen LogP contribution in [0.25, 0.3) is 5.76 Å². The summed E-state index contributed by atoms with van der Waals surface area (Å²) in [5.41, 5.74) is 1.44. The highest BCUT2D eigenvalue weighted by Gasteiger charge is 2.46. The number of aliphatic hydroxyl groups is 1. The van der Waals surface area contributed by atoms with Crippen molar-refractivity contribution in [2.24, 2.45) is 0 Å². The number of carbonyl (C=O) groups excluding carboxylic acids is 2. The lowest BCUT2D eigenvalue weighted by Gasteiger charge is -2.25.